The Morgan fingerprint density at radius 1 is 1.20 bits per heavy atom. The van der Waals surface area contributed by atoms with Crippen LogP contribution in [0.5, 0.6) is 0 Å². The van der Waals surface area contributed by atoms with Crippen molar-refractivity contribution >= 4 is 17.1 Å². The van der Waals surface area contributed by atoms with E-state index in [1.54, 1.807) is 12.1 Å². The highest BCUT2D eigenvalue weighted by Crippen LogP contribution is 2.24. The lowest BCUT2D eigenvalue weighted by Crippen LogP contribution is -2.27. The minimum Gasteiger partial charge on any atom is -0.383 e. The molecule has 0 radical (unpaired) electrons. The second-order valence-electron chi connectivity index (χ2n) is 6.01. The monoisotopic (exact) mass is 342 g/mol. The molecule has 0 aliphatic rings. The maximum Gasteiger partial charge on any atom is 0.257 e. The first kappa shape index (κ1) is 17.0. The fraction of sp³-hybridized carbons (Fsp3) is 0.158. The molecule has 0 amide bonds. The average Bonchev–Trinajstić information content (AvgIpc) is 2.54. The second-order valence-corrected chi connectivity index (χ2v) is 6.01. The number of nitrogens with zero attached hydrogens (tertiary/aromatic N) is 1. The summed E-state index contributed by atoms with van der Waals surface area (Å²) in [6.45, 7) is 1.20. The molecule has 4 nitrogen and oxygen atoms in total. The Balaban J connectivity index is 1.85. The number of benzene rings is 2. The van der Waals surface area contributed by atoms with Crippen molar-refractivity contribution in [3.63, 3.8) is 0 Å². The van der Waals surface area contributed by atoms with E-state index in [1.807, 2.05) is 18.2 Å². The van der Waals surface area contributed by atoms with Crippen LogP contribution in [0, 0.1) is 11.6 Å². The van der Waals surface area contributed by atoms with Gasteiger partial charge in [0.05, 0.1) is 12.1 Å². The summed E-state index contributed by atoms with van der Waals surface area (Å²) in [6, 6.07) is 12.0. The molecule has 25 heavy (non-hydrogen) atoms. The van der Waals surface area contributed by atoms with Crippen LogP contribution in [0.2, 0.25) is 0 Å². The molecule has 3 rings (SSSR count). The van der Waals surface area contributed by atoms with Gasteiger partial charge in [-0.1, -0.05) is 24.3 Å². The third kappa shape index (κ3) is 3.64. The maximum absolute atomic E-state index is 13.8. The van der Waals surface area contributed by atoms with Gasteiger partial charge in [-0.3, -0.25) is 9.79 Å². The summed E-state index contributed by atoms with van der Waals surface area (Å²) in [5, 5.41) is 11.3. The third-order valence-corrected chi connectivity index (χ3v) is 3.92. The van der Waals surface area contributed by atoms with Gasteiger partial charge in [-0.15, -0.1) is 0 Å². The lowest BCUT2D eigenvalue weighted by molar-refractivity contribution is 0.0635. The quantitative estimate of drug-likeness (QED) is 0.716. The normalized spacial score (nSPS) is 14.1. The molecule has 0 bridgehead atoms. The summed E-state index contributed by atoms with van der Waals surface area (Å²) in [5.74, 6) is -1.56. The van der Waals surface area contributed by atoms with Gasteiger partial charge in [0, 0.05) is 23.4 Å². The molecule has 0 aliphatic carbocycles. The van der Waals surface area contributed by atoms with Crippen molar-refractivity contribution in [2.24, 2.45) is 4.99 Å². The number of halogens is 2. The van der Waals surface area contributed by atoms with Gasteiger partial charge in [-0.25, -0.2) is 8.78 Å². The van der Waals surface area contributed by atoms with E-state index in [4.69, 9.17) is 0 Å². The number of para-hydroxylation sites is 1. The Bertz CT molecular complexity index is 1010. The zero-order chi connectivity index (χ0) is 18.0. The molecule has 128 valence electrons. The molecular weight excluding hydrogens is 326 g/mol. The predicted octanol–water partition coefficient (Wildman–Crippen LogP) is 3.13. The van der Waals surface area contributed by atoms with Gasteiger partial charge >= 0.3 is 0 Å². The van der Waals surface area contributed by atoms with E-state index >= 15 is 0 Å². The average molecular weight is 342 g/mol. The van der Waals surface area contributed by atoms with E-state index in [0.717, 1.165) is 11.5 Å². The summed E-state index contributed by atoms with van der Waals surface area (Å²) in [6.07, 6.45) is 1.33. The van der Waals surface area contributed by atoms with E-state index in [1.165, 1.54) is 19.2 Å². The molecule has 0 aliphatic heterocycles. The second kappa shape index (κ2) is 6.57. The number of aliphatic hydroxyl groups is 1. The molecule has 6 heteroatoms. The highest BCUT2D eigenvalue weighted by molar-refractivity contribution is 5.87. The predicted molar refractivity (Wildman–Crippen MR) is 93.0 cm³/mol. The van der Waals surface area contributed by atoms with Crippen LogP contribution in [0.25, 0.3) is 10.9 Å². The molecule has 0 fully saturated rings. The third-order valence-electron chi connectivity index (χ3n) is 3.92. The number of aromatic amines is 1. The van der Waals surface area contributed by atoms with E-state index in [2.05, 4.69) is 9.98 Å². The summed E-state index contributed by atoms with van der Waals surface area (Å²) in [5.41, 5.74) is -0.953. The molecule has 0 spiro atoms. The van der Waals surface area contributed by atoms with E-state index in [0.29, 0.717) is 17.1 Å². The summed E-state index contributed by atoms with van der Waals surface area (Å²) < 4.78 is 26.8. The van der Waals surface area contributed by atoms with Crippen LogP contribution in [-0.4, -0.2) is 22.8 Å². The summed E-state index contributed by atoms with van der Waals surface area (Å²) >= 11 is 0. The van der Waals surface area contributed by atoms with Crippen molar-refractivity contribution in [1.82, 2.24) is 4.98 Å². The molecule has 1 atom stereocenters. The lowest BCUT2D eigenvalue weighted by atomic mass is 9.95. The largest absolute Gasteiger partial charge is 0.383 e. The van der Waals surface area contributed by atoms with Crippen LogP contribution < -0.4 is 5.56 Å². The molecule has 2 aromatic carbocycles. The van der Waals surface area contributed by atoms with Gasteiger partial charge < -0.3 is 10.1 Å². The number of aliphatic imine (C=N–C) groups is 1. The first-order valence-corrected chi connectivity index (χ1v) is 7.67. The van der Waals surface area contributed by atoms with Crippen molar-refractivity contribution in [2.45, 2.75) is 12.5 Å². The topological polar surface area (TPSA) is 65.5 Å². The van der Waals surface area contributed by atoms with Crippen LogP contribution in [0.15, 0.2) is 58.3 Å². The highest BCUT2D eigenvalue weighted by Gasteiger charge is 2.26. The number of nitrogens with one attached hydrogen (secondary N) is 1. The number of pyridine rings is 1. The molecule has 3 aromatic rings. The molecular formula is C19H16F2N2O2. The van der Waals surface area contributed by atoms with Gasteiger partial charge in [0.15, 0.2) is 0 Å². The molecule has 1 aromatic heterocycles. The lowest BCUT2D eigenvalue weighted by Gasteiger charge is -2.22. The number of rotatable bonds is 4. The van der Waals surface area contributed by atoms with Crippen molar-refractivity contribution in [3.8, 4) is 0 Å². The minimum absolute atomic E-state index is 0.0570. The van der Waals surface area contributed by atoms with Crippen LogP contribution in [0.4, 0.5) is 8.78 Å². The van der Waals surface area contributed by atoms with Gasteiger partial charge in [-0.2, -0.15) is 0 Å². The summed E-state index contributed by atoms with van der Waals surface area (Å²) in [4.78, 5) is 18.8. The van der Waals surface area contributed by atoms with E-state index in [9.17, 15) is 18.7 Å². The van der Waals surface area contributed by atoms with Crippen LogP contribution in [-0.2, 0) is 5.60 Å². The highest BCUT2D eigenvalue weighted by atomic mass is 19.1. The van der Waals surface area contributed by atoms with Crippen molar-refractivity contribution in [3.05, 3.63) is 81.6 Å². The van der Waals surface area contributed by atoms with E-state index in [-0.39, 0.29) is 17.7 Å². The fourth-order valence-electron chi connectivity index (χ4n) is 2.59. The van der Waals surface area contributed by atoms with Crippen molar-refractivity contribution < 1.29 is 13.9 Å². The first-order valence-electron chi connectivity index (χ1n) is 7.67. The molecule has 1 heterocycles. The Kier molecular flexibility index (Phi) is 4.46. The maximum atomic E-state index is 13.8. The number of hydrogen-bond acceptors (Lipinski definition) is 3. The van der Waals surface area contributed by atoms with E-state index < -0.39 is 17.2 Å². The Labute approximate surface area is 142 Å². The molecule has 0 saturated heterocycles. The van der Waals surface area contributed by atoms with Gasteiger partial charge in [-0.05, 0) is 30.5 Å². The SMILES string of the molecule is CC(O)(CN=Cc1cc2ccccc2[nH]c1=O)c1ccc(F)cc1F. The van der Waals surface area contributed by atoms with Crippen LogP contribution >= 0.6 is 0 Å². The zero-order valence-corrected chi connectivity index (χ0v) is 13.5. The van der Waals surface area contributed by atoms with Crippen LogP contribution in [0.3, 0.4) is 0 Å². The molecule has 2 N–H and O–H groups in total. The number of H-pyrrole nitrogens is 1. The zero-order valence-electron chi connectivity index (χ0n) is 13.5. The molecule has 0 saturated carbocycles. The Hall–Kier alpha value is -2.86. The van der Waals surface area contributed by atoms with Crippen LogP contribution in [0.1, 0.15) is 18.1 Å². The Morgan fingerprint density at radius 2 is 1.96 bits per heavy atom. The van der Waals surface area contributed by atoms with Crippen molar-refractivity contribution in [1.29, 1.82) is 0 Å². The minimum atomic E-state index is -1.63. The van der Waals surface area contributed by atoms with Gasteiger partial charge in [0.2, 0.25) is 0 Å². The number of fused-ring (bicyclic) bond motifs is 1. The number of hydrogen-bond donors (Lipinski definition) is 2. The molecule has 1 unspecified atom stereocenters. The smallest absolute Gasteiger partial charge is 0.257 e. The number of aromatic nitrogens is 1. The summed E-state index contributed by atoms with van der Waals surface area (Å²) in [7, 11) is 0. The first-order chi connectivity index (χ1) is 11.9. The van der Waals surface area contributed by atoms with Crippen molar-refractivity contribution in [2.75, 3.05) is 6.54 Å². The Morgan fingerprint density at radius 3 is 2.72 bits per heavy atom. The van der Waals surface area contributed by atoms with Gasteiger partial charge in [0.25, 0.3) is 5.56 Å². The standard InChI is InChI=1S/C19H16F2N2O2/c1-19(25,15-7-6-14(20)9-16(15)21)11-22-10-13-8-12-4-2-3-5-17(12)23-18(13)24/h2-10,25H,11H2,1H3,(H,23,24). The fourth-order valence-corrected chi connectivity index (χ4v) is 2.59. The van der Waals surface area contributed by atoms with Gasteiger partial charge in [0.1, 0.15) is 17.2 Å².